The van der Waals surface area contributed by atoms with Crippen molar-refractivity contribution in [2.45, 2.75) is 31.6 Å². The van der Waals surface area contributed by atoms with E-state index in [4.69, 9.17) is 11.6 Å². The molecule has 4 rings (SSSR count). The number of carbonyl (C=O) groups excluding carboxylic acids is 1. The molecule has 1 atom stereocenters. The Morgan fingerprint density at radius 2 is 1.88 bits per heavy atom. The molecule has 1 unspecified atom stereocenters. The average Bonchev–Trinajstić information content (AvgIpc) is 2.91. The first kappa shape index (κ1) is 16.4. The molecule has 0 spiro atoms. The zero-order valence-corrected chi connectivity index (χ0v) is 14.8. The second-order valence-corrected chi connectivity index (χ2v) is 7.97. The highest BCUT2D eigenvalue weighted by Gasteiger charge is 2.38. The quantitative estimate of drug-likeness (QED) is 0.883. The van der Waals surface area contributed by atoms with E-state index in [1.807, 2.05) is 18.2 Å². The number of anilines is 1. The molecule has 3 heterocycles. The molecule has 4 nitrogen and oxygen atoms in total. The number of piperidine rings is 2. The lowest BCUT2D eigenvalue weighted by molar-refractivity contribution is -0.118. The number of amides is 1. The van der Waals surface area contributed by atoms with E-state index in [9.17, 15) is 4.79 Å². The van der Waals surface area contributed by atoms with Gasteiger partial charge in [0.05, 0.1) is 5.92 Å². The summed E-state index contributed by atoms with van der Waals surface area (Å²) in [5.74, 6) is 1.47. The minimum atomic E-state index is 0.0123. The molecule has 1 aromatic carbocycles. The van der Waals surface area contributed by atoms with Crippen LogP contribution in [-0.2, 0) is 4.79 Å². The first-order valence-corrected chi connectivity index (χ1v) is 9.62. The van der Waals surface area contributed by atoms with Gasteiger partial charge >= 0.3 is 0 Å². The summed E-state index contributed by atoms with van der Waals surface area (Å²) in [6, 6.07) is 5.81. The van der Waals surface area contributed by atoms with Gasteiger partial charge in [0.15, 0.2) is 0 Å². The minimum Gasteiger partial charge on any atom is -0.325 e. The van der Waals surface area contributed by atoms with Gasteiger partial charge in [0.2, 0.25) is 5.91 Å². The number of nitrogens with one attached hydrogen (secondary N) is 2. The Morgan fingerprint density at radius 1 is 1.12 bits per heavy atom. The van der Waals surface area contributed by atoms with E-state index in [0.29, 0.717) is 10.9 Å². The van der Waals surface area contributed by atoms with E-state index in [0.717, 1.165) is 43.1 Å². The largest absolute Gasteiger partial charge is 0.325 e. The Labute approximate surface area is 148 Å². The van der Waals surface area contributed by atoms with Crippen molar-refractivity contribution in [2.75, 3.05) is 38.0 Å². The van der Waals surface area contributed by atoms with E-state index in [1.165, 1.54) is 32.5 Å². The van der Waals surface area contributed by atoms with Crippen LogP contribution in [0.1, 0.15) is 37.2 Å². The Morgan fingerprint density at radius 3 is 2.62 bits per heavy atom. The van der Waals surface area contributed by atoms with Crippen LogP contribution >= 0.6 is 11.6 Å². The maximum Gasteiger partial charge on any atom is 0.232 e. The summed E-state index contributed by atoms with van der Waals surface area (Å²) in [6.07, 6.45) is 4.84. The van der Waals surface area contributed by atoms with Crippen molar-refractivity contribution in [3.8, 4) is 0 Å². The molecule has 5 heteroatoms. The second-order valence-electron chi connectivity index (χ2n) is 7.53. The molecule has 130 valence electrons. The number of rotatable bonds is 3. The van der Waals surface area contributed by atoms with Gasteiger partial charge in [-0.2, -0.15) is 0 Å². The zero-order valence-electron chi connectivity index (χ0n) is 14.1. The van der Waals surface area contributed by atoms with Crippen LogP contribution in [0.3, 0.4) is 0 Å². The van der Waals surface area contributed by atoms with Crippen LogP contribution < -0.4 is 10.6 Å². The lowest BCUT2D eigenvalue weighted by Gasteiger charge is -2.37. The third kappa shape index (κ3) is 3.32. The number of hydrogen-bond acceptors (Lipinski definition) is 3. The summed E-state index contributed by atoms with van der Waals surface area (Å²) < 4.78 is 0. The standard InChI is InChI=1S/C19H26ClN3O/c20-15-1-2-16-17(11-15)22-19(24)18(16)14-5-9-23(10-6-14)12-13-3-7-21-8-4-13/h1-2,11,13-14,18,21H,3-10,12H2,(H,22,24). The van der Waals surface area contributed by atoms with Crippen LogP contribution in [0, 0.1) is 11.8 Å². The summed E-state index contributed by atoms with van der Waals surface area (Å²) in [7, 11) is 0. The Kier molecular flexibility index (Phi) is 4.79. The van der Waals surface area contributed by atoms with Crippen molar-refractivity contribution < 1.29 is 4.79 Å². The molecule has 0 radical (unpaired) electrons. The molecule has 2 N–H and O–H groups in total. The predicted molar refractivity (Wildman–Crippen MR) is 97.6 cm³/mol. The van der Waals surface area contributed by atoms with Gasteiger partial charge < -0.3 is 15.5 Å². The highest BCUT2D eigenvalue weighted by Crippen LogP contribution is 2.42. The van der Waals surface area contributed by atoms with Gasteiger partial charge in [-0.3, -0.25) is 4.79 Å². The van der Waals surface area contributed by atoms with Crippen molar-refractivity contribution in [3.05, 3.63) is 28.8 Å². The van der Waals surface area contributed by atoms with Gasteiger partial charge in [0, 0.05) is 17.3 Å². The fourth-order valence-corrected chi connectivity index (χ4v) is 4.80. The fraction of sp³-hybridized carbons (Fsp3) is 0.632. The molecule has 0 bridgehead atoms. The van der Waals surface area contributed by atoms with Gasteiger partial charge in [0.1, 0.15) is 0 Å². The van der Waals surface area contributed by atoms with Crippen molar-refractivity contribution >= 4 is 23.2 Å². The van der Waals surface area contributed by atoms with Gasteiger partial charge in [-0.25, -0.2) is 0 Å². The SMILES string of the molecule is O=C1Nc2cc(Cl)ccc2C1C1CCN(CC2CCNCC2)CC1. The molecule has 3 aliphatic heterocycles. The third-order valence-corrected chi connectivity index (χ3v) is 6.20. The molecule has 1 amide bonds. The van der Waals surface area contributed by atoms with E-state index >= 15 is 0 Å². The zero-order chi connectivity index (χ0) is 16.5. The molecular weight excluding hydrogens is 322 g/mol. The summed E-state index contributed by atoms with van der Waals surface area (Å²) in [6.45, 7) is 5.82. The van der Waals surface area contributed by atoms with E-state index in [1.54, 1.807) is 0 Å². The van der Waals surface area contributed by atoms with Gasteiger partial charge in [-0.05, 0) is 81.4 Å². The maximum atomic E-state index is 12.5. The first-order chi connectivity index (χ1) is 11.7. The number of carbonyl (C=O) groups is 1. The number of likely N-dealkylation sites (tertiary alicyclic amines) is 1. The van der Waals surface area contributed by atoms with Gasteiger partial charge in [-0.1, -0.05) is 17.7 Å². The van der Waals surface area contributed by atoms with Crippen LogP contribution in [0.2, 0.25) is 5.02 Å². The third-order valence-electron chi connectivity index (χ3n) is 5.97. The molecule has 3 aliphatic rings. The molecule has 2 saturated heterocycles. The summed E-state index contributed by atoms with van der Waals surface area (Å²) in [4.78, 5) is 15.1. The van der Waals surface area contributed by atoms with Crippen molar-refractivity contribution in [2.24, 2.45) is 11.8 Å². The number of hydrogen-bond donors (Lipinski definition) is 2. The number of fused-ring (bicyclic) bond motifs is 1. The van der Waals surface area contributed by atoms with Crippen molar-refractivity contribution in [1.29, 1.82) is 0 Å². The molecule has 0 aliphatic carbocycles. The number of halogens is 1. The fourth-order valence-electron chi connectivity index (χ4n) is 4.63. The second kappa shape index (κ2) is 7.03. The lowest BCUT2D eigenvalue weighted by atomic mass is 9.80. The monoisotopic (exact) mass is 347 g/mol. The highest BCUT2D eigenvalue weighted by molar-refractivity contribution is 6.31. The molecular formula is C19H26ClN3O. The van der Waals surface area contributed by atoms with Gasteiger partial charge in [0.25, 0.3) is 0 Å². The molecule has 1 aromatic rings. The van der Waals surface area contributed by atoms with E-state index in [-0.39, 0.29) is 11.8 Å². The highest BCUT2D eigenvalue weighted by atomic mass is 35.5. The van der Waals surface area contributed by atoms with Crippen molar-refractivity contribution in [1.82, 2.24) is 10.2 Å². The number of benzene rings is 1. The Bertz CT molecular complexity index is 607. The summed E-state index contributed by atoms with van der Waals surface area (Å²) in [5.41, 5.74) is 2.05. The van der Waals surface area contributed by atoms with Crippen LogP contribution in [0.25, 0.3) is 0 Å². The smallest absolute Gasteiger partial charge is 0.232 e. The maximum absolute atomic E-state index is 12.5. The van der Waals surface area contributed by atoms with Crippen LogP contribution in [0.5, 0.6) is 0 Å². The van der Waals surface area contributed by atoms with Crippen LogP contribution in [-0.4, -0.2) is 43.5 Å². The molecule has 2 fully saturated rings. The molecule has 0 saturated carbocycles. The predicted octanol–water partition coefficient (Wildman–Crippen LogP) is 3.09. The normalized spacial score (nSPS) is 26.4. The van der Waals surface area contributed by atoms with Gasteiger partial charge in [-0.15, -0.1) is 0 Å². The average molecular weight is 348 g/mol. The van der Waals surface area contributed by atoms with E-state index < -0.39 is 0 Å². The first-order valence-electron chi connectivity index (χ1n) is 9.24. The van der Waals surface area contributed by atoms with E-state index in [2.05, 4.69) is 15.5 Å². The number of nitrogens with zero attached hydrogens (tertiary/aromatic N) is 1. The van der Waals surface area contributed by atoms with Crippen molar-refractivity contribution in [3.63, 3.8) is 0 Å². The Balaban J connectivity index is 1.37. The summed E-state index contributed by atoms with van der Waals surface area (Å²) >= 11 is 6.05. The molecule has 24 heavy (non-hydrogen) atoms. The lowest BCUT2D eigenvalue weighted by Crippen LogP contribution is -2.41. The molecule has 0 aromatic heterocycles. The minimum absolute atomic E-state index is 0.0123. The van der Waals surface area contributed by atoms with Crippen LogP contribution in [0.15, 0.2) is 18.2 Å². The topological polar surface area (TPSA) is 44.4 Å². The van der Waals surface area contributed by atoms with Crippen LogP contribution in [0.4, 0.5) is 5.69 Å². The Hall–Kier alpha value is -1.10. The summed E-state index contributed by atoms with van der Waals surface area (Å²) in [5, 5.41) is 7.15.